The van der Waals surface area contributed by atoms with E-state index in [0.717, 1.165) is 32.1 Å². The summed E-state index contributed by atoms with van der Waals surface area (Å²) in [4.78, 5) is 27.2. The fourth-order valence-electron chi connectivity index (χ4n) is 13.6. The number of carbonyl (C=O) groups is 2. The molecule has 7 nitrogen and oxygen atoms in total. The molecule has 1 heterocycles. The molecule has 1 amide bonds. The summed E-state index contributed by atoms with van der Waals surface area (Å²) < 4.78 is 38.1. The van der Waals surface area contributed by atoms with E-state index in [-0.39, 0.29) is 45.3 Å². The van der Waals surface area contributed by atoms with Crippen molar-refractivity contribution in [3.8, 4) is 0 Å². The predicted octanol–water partition coefficient (Wildman–Crippen LogP) is 9.10. The van der Waals surface area contributed by atoms with E-state index in [4.69, 9.17) is 0 Å². The van der Waals surface area contributed by atoms with Gasteiger partial charge in [0.15, 0.2) is 0 Å². The van der Waals surface area contributed by atoms with E-state index >= 15 is 0 Å². The highest BCUT2D eigenvalue weighted by Gasteiger charge is 2.66. The minimum Gasteiger partial charge on any atom is -0.481 e. The average molecular weight is 771 g/mol. The Balaban J connectivity index is 1.21. The summed E-state index contributed by atoms with van der Waals surface area (Å²) in [5.74, 6) is 1.25. The van der Waals surface area contributed by atoms with Crippen molar-refractivity contribution in [2.24, 2.45) is 50.7 Å². The average Bonchev–Trinajstić information content (AvgIpc) is 3.18. The zero-order valence-corrected chi connectivity index (χ0v) is 35.4. The van der Waals surface area contributed by atoms with Gasteiger partial charge in [0.25, 0.3) is 0 Å². The van der Waals surface area contributed by atoms with E-state index in [1.807, 2.05) is 4.90 Å². The second-order valence-corrected chi connectivity index (χ2v) is 22.7. The van der Waals surface area contributed by atoms with Crippen LogP contribution in [0.15, 0.2) is 35.5 Å². The zero-order chi connectivity index (χ0) is 39.5. The van der Waals surface area contributed by atoms with E-state index in [9.17, 15) is 27.5 Å². The maximum atomic E-state index is 14.0. The number of alkyl halides is 1. The Bertz CT molecular complexity index is 1650. The molecule has 0 aromatic rings. The molecule has 9 heteroatoms. The fourth-order valence-corrected chi connectivity index (χ4v) is 14.7. The summed E-state index contributed by atoms with van der Waals surface area (Å²) in [6.45, 7) is 19.9. The van der Waals surface area contributed by atoms with Gasteiger partial charge in [0.05, 0.1) is 17.2 Å². The summed E-state index contributed by atoms with van der Waals surface area (Å²) >= 11 is 0. The van der Waals surface area contributed by atoms with Gasteiger partial charge >= 0.3 is 5.97 Å². The van der Waals surface area contributed by atoms with Crippen molar-refractivity contribution in [2.45, 2.75) is 149 Å². The molecule has 9 atom stereocenters. The van der Waals surface area contributed by atoms with Crippen molar-refractivity contribution in [1.82, 2.24) is 10.2 Å². The normalized spacial score (nSPS) is 40.4. The number of halogens is 1. The minimum absolute atomic E-state index is 0.0536. The van der Waals surface area contributed by atoms with Gasteiger partial charge in [-0.05, 0) is 160 Å². The molecule has 2 N–H and O–H groups in total. The van der Waals surface area contributed by atoms with E-state index < -0.39 is 27.9 Å². The third-order valence-corrected chi connectivity index (χ3v) is 19.1. The van der Waals surface area contributed by atoms with E-state index in [1.165, 1.54) is 55.1 Å². The van der Waals surface area contributed by atoms with Gasteiger partial charge in [0.2, 0.25) is 5.91 Å². The highest BCUT2D eigenvalue weighted by atomic mass is 32.2. The van der Waals surface area contributed by atoms with Crippen molar-refractivity contribution in [2.75, 3.05) is 32.6 Å². The molecule has 304 valence electrons. The van der Waals surface area contributed by atoms with Crippen LogP contribution in [0.3, 0.4) is 0 Å². The smallest absolute Gasteiger partial charge is 0.312 e. The molecule has 1 aliphatic heterocycles. The van der Waals surface area contributed by atoms with Crippen molar-refractivity contribution in [3.63, 3.8) is 0 Å². The van der Waals surface area contributed by atoms with Gasteiger partial charge in [-0.2, -0.15) is 0 Å². The molecule has 0 radical (unpaired) electrons. The Morgan fingerprint density at radius 1 is 0.907 bits per heavy atom. The summed E-state index contributed by atoms with van der Waals surface area (Å²) in [5.41, 5.74) is 3.03. The number of fused-ring (bicyclic) bond motifs is 5. The predicted molar refractivity (Wildman–Crippen MR) is 215 cm³/mol. The summed E-state index contributed by atoms with van der Waals surface area (Å²) in [5, 5.41) is 13.2. The van der Waals surface area contributed by atoms with Crippen LogP contribution >= 0.6 is 0 Å². The molecule has 0 spiro atoms. The van der Waals surface area contributed by atoms with Crippen LogP contribution in [0.5, 0.6) is 0 Å². The Morgan fingerprint density at radius 2 is 1.59 bits per heavy atom. The lowest BCUT2D eigenvalue weighted by atomic mass is 9.35. The number of likely N-dealkylation sites (tertiary alicyclic amines) is 1. The number of carbonyl (C=O) groups excluding carboxylic acids is 1. The van der Waals surface area contributed by atoms with E-state index in [0.29, 0.717) is 69.0 Å². The number of carboxylic acid groups (broad SMARTS) is 1. The molecule has 5 aliphatic carbocycles. The van der Waals surface area contributed by atoms with Crippen molar-refractivity contribution in [3.05, 3.63) is 35.5 Å². The largest absolute Gasteiger partial charge is 0.481 e. The molecule has 9 unspecified atom stereocenters. The quantitative estimate of drug-likeness (QED) is 0.239. The van der Waals surface area contributed by atoms with Gasteiger partial charge in [-0.1, -0.05) is 58.9 Å². The summed E-state index contributed by atoms with van der Waals surface area (Å²) in [6.07, 6.45) is 19.5. The highest BCUT2D eigenvalue weighted by molar-refractivity contribution is 7.91. The molecular weight excluding hydrogens is 700 g/mol. The van der Waals surface area contributed by atoms with E-state index in [1.54, 1.807) is 0 Å². The monoisotopic (exact) mass is 771 g/mol. The Kier molecular flexibility index (Phi) is 11.6. The molecule has 3 saturated carbocycles. The van der Waals surface area contributed by atoms with Gasteiger partial charge in [0, 0.05) is 25.4 Å². The number of hydrogen-bond acceptors (Lipinski definition) is 5. The Hall–Kier alpha value is -2.00. The fraction of sp³-hybridized carbons (Fsp3) is 0.822. The number of allylic oxidation sites excluding steroid dienone is 5. The summed E-state index contributed by atoms with van der Waals surface area (Å²) in [7, 11) is -3.08. The number of carboxylic acids is 1. The van der Waals surface area contributed by atoms with Crippen LogP contribution in [0.2, 0.25) is 0 Å². The third kappa shape index (κ3) is 7.21. The van der Waals surface area contributed by atoms with Crippen molar-refractivity contribution < 1.29 is 27.5 Å². The maximum Gasteiger partial charge on any atom is 0.312 e. The number of amides is 1. The molecule has 0 aromatic carbocycles. The van der Waals surface area contributed by atoms with Gasteiger partial charge in [0.1, 0.15) is 16.5 Å². The van der Waals surface area contributed by atoms with Crippen molar-refractivity contribution >= 4 is 21.7 Å². The number of piperidine rings is 1. The molecule has 6 aliphatic rings. The lowest BCUT2D eigenvalue weighted by Gasteiger charge is -2.70. The molecule has 1 saturated heterocycles. The molecule has 0 bridgehead atoms. The molecule has 0 aromatic heterocycles. The van der Waals surface area contributed by atoms with Crippen LogP contribution in [0.25, 0.3) is 0 Å². The van der Waals surface area contributed by atoms with Gasteiger partial charge < -0.3 is 15.3 Å². The molecule has 54 heavy (non-hydrogen) atoms. The first-order chi connectivity index (χ1) is 25.2. The van der Waals surface area contributed by atoms with Gasteiger partial charge in [-0.3, -0.25) is 9.59 Å². The zero-order valence-electron chi connectivity index (χ0n) is 34.6. The van der Waals surface area contributed by atoms with Crippen LogP contribution in [-0.4, -0.2) is 74.2 Å². The van der Waals surface area contributed by atoms with Crippen molar-refractivity contribution in [1.29, 1.82) is 0 Å². The van der Waals surface area contributed by atoms with E-state index in [2.05, 4.69) is 65.6 Å². The molecular formula is C45H71FN2O5S. The number of sulfone groups is 1. The minimum atomic E-state index is -3.08. The number of rotatable bonds is 8. The lowest BCUT2D eigenvalue weighted by Crippen LogP contribution is -2.62. The summed E-state index contributed by atoms with van der Waals surface area (Å²) in [6, 6.07) is 0.246. The van der Waals surface area contributed by atoms with Crippen LogP contribution in [0.1, 0.15) is 138 Å². The van der Waals surface area contributed by atoms with Crippen LogP contribution in [0.4, 0.5) is 4.39 Å². The molecule has 4 fully saturated rings. The number of aliphatic carboxylic acids is 1. The first-order valence-corrected chi connectivity index (χ1v) is 23.2. The van der Waals surface area contributed by atoms with Crippen LogP contribution in [0, 0.1) is 50.7 Å². The van der Waals surface area contributed by atoms with Crippen LogP contribution in [-0.2, 0) is 19.4 Å². The maximum absolute atomic E-state index is 14.0. The Labute approximate surface area is 326 Å². The van der Waals surface area contributed by atoms with Gasteiger partial charge in [-0.15, -0.1) is 0 Å². The van der Waals surface area contributed by atoms with Crippen LogP contribution < -0.4 is 5.32 Å². The number of nitrogens with zero attached hydrogens (tertiary/aromatic N) is 1. The first kappa shape index (κ1) is 41.6. The lowest BCUT2D eigenvalue weighted by molar-refractivity contribution is -0.196. The number of hydrogen-bond donors (Lipinski definition) is 2. The third-order valence-electron chi connectivity index (χ3n) is 17.4. The highest BCUT2D eigenvalue weighted by Crippen LogP contribution is 2.74. The Morgan fingerprint density at radius 3 is 2.19 bits per heavy atom. The topological polar surface area (TPSA) is 104 Å². The molecule has 6 rings (SSSR count). The number of nitrogens with one attached hydrogen (secondary N) is 1. The standard InChI is InChI=1S/C45H71FN2O5S/c1-30(2)32-9-11-34(47-28-39(49)48-25-18-35(19-26-48)54(8,52)53)15-21-43(6)33(27-32)10-12-38-42(5)20-16-36(41(3,4)37(42)17-22-44(38,43)7)31-13-23-45(29-46,24-14-31)40(50)51/h13,16,32-35,37-38,47H,1,9-12,14-15,17-29H2,2-8H3,(H,50,51). The second-order valence-electron chi connectivity index (χ2n) is 20.3. The van der Waals surface area contributed by atoms with Gasteiger partial charge in [-0.25, -0.2) is 12.8 Å². The SMILES string of the molecule is C=C(C)C1CCC(NCC(=O)N2CCC(S(C)(=O)=O)CC2)CCC2(C)C(CCC3C4(C)CC=C(C5=CCC(CF)(C(=O)O)CC5)C(C)(C)C4CCC32C)C1. The first-order valence-electron chi connectivity index (χ1n) is 21.3. The second kappa shape index (κ2) is 15.1.